The minimum atomic E-state index is -0.343. The Kier molecular flexibility index (Phi) is 5.98. The lowest BCUT2D eigenvalue weighted by molar-refractivity contribution is -0.132. The summed E-state index contributed by atoms with van der Waals surface area (Å²) in [6, 6.07) is 20.6. The molecule has 3 aromatic carbocycles. The van der Waals surface area contributed by atoms with E-state index in [2.05, 4.69) is 5.32 Å². The fourth-order valence-corrected chi connectivity index (χ4v) is 4.83. The van der Waals surface area contributed by atoms with Crippen LogP contribution in [0.5, 0.6) is 0 Å². The average Bonchev–Trinajstić information content (AvgIpc) is 2.87. The highest BCUT2D eigenvalue weighted by atomic mass is 32.1. The third kappa shape index (κ3) is 4.12. The molecule has 1 fully saturated rings. The predicted molar refractivity (Wildman–Crippen MR) is 135 cm³/mol. The highest BCUT2D eigenvalue weighted by Gasteiger charge is 2.33. The summed E-state index contributed by atoms with van der Waals surface area (Å²) < 4.78 is 0. The Morgan fingerprint density at radius 1 is 0.794 bits per heavy atom. The van der Waals surface area contributed by atoms with Crippen LogP contribution in [0, 0.1) is 0 Å². The normalized spacial score (nSPS) is 15.6. The molecule has 1 saturated heterocycles. The summed E-state index contributed by atoms with van der Waals surface area (Å²) in [6.07, 6.45) is 0.0995. The lowest BCUT2D eigenvalue weighted by Crippen LogP contribution is -2.52. The number of nitrogens with zero attached hydrogens (tertiary/aromatic N) is 3. The van der Waals surface area contributed by atoms with Crippen molar-refractivity contribution in [1.29, 1.82) is 0 Å². The Hall–Kier alpha value is -3.78. The zero-order valence-corrected chi connectivity index (χ0v) is 19.4. The van der Waals surface area contributed by atoms with Crippen molar-refractivity contribution in [3.63, 3.8) is 0 Å². The Labute approximate surface area is 202 Å². The van der Waals surface area contributed by atoms with Crippen LogP contribution >= 0.6 is 12.2 Å². The van der Waals surface area contributed by atoms with E-state index in [-0.39, 0.29) is 30.7 Å². The van der Waals surface area contributed by atoms with E-state index < -0.39 is 0 Å². The van der Waals surface area contributed by atoms with Gasteiger partial charge in [0.2, 0.25) is 5.91 Å². The van der Waals surface area contributed by atoms with E-state index in [9.17, 15) is 14.4 Å². The maximum atomic E-state index is 13.0. The molecule has 34 heavy (non-hydrogen) atoms. The third-order valence-electron chi connectivity index (χ3n) is 6.35. The van der Waals surface area contributed by atoms with E-state index in [0.717, 1.165) is 11.1 Å². The molecule has 0 atom stereocenters. The van der Waals surface area contributed by atoms with Crippen molar-refractivity contribution in [1.82, 2.24) is 14.7 Å². The molecule has 2 aliphatic rings. The Bertz CT molecular complexity index is 1230. The number of hydrogen-bond acceptors (Lipinski definition) is 4. The molecular weight excluding hydrogens is 448 g/mol. The highest BCUT2D eigenvalue weighted by Crippen LogP contribution is 2.30. The number of para-hydroxylation sites is 1. The summed E-state index contributed by atoms with van der Waals surface area (Å²) in [7, 11) is 0. The maximum absolute atomic E-state index is 13.0. The molecule has 0 saturated carbocycles. The summed E-state index contributed by atoms with van der Waals surface area (Å²) in [6.45, 7) is 2.40. The number of imide groups is 1. The van der Waals surface area contributed by atoms with Crippen molar-refractivity contribution in [3.05, 3.63) is 77.9 Å². The van der Waals surface area contributed by atoms with E-state index in [1.54, 1.807) is 17.0 Å². The van der Waals surface area contributed by atoms with Gasteiger partial charge >= 0.3 is 0 Å². The molecule has 0 aliphatic carbocycles. The van der Waals surface area contributed by atoms with Gasteiger partial charge in [-0.1, -0.05) is 42.5 Å². The average molecular weight is 473 g/mol. The molecule has 5 rings (SSSR count). The van der Waals surface area contributed by atoms with Crippen molar-refractivity contribution >= 4 is 51.5 Å². The first kappa shape index (κ1) is 22.0. The number of anilines is 1. The number of amides is 3. The van der Waals surface area contributed by atoms with Gasteiger partial charge in [0.15, 0.2) is 5.11 Å². The van der Waals surface area contributed by atoms with Gasteiger partial charge in [0.25, 0.3) is 11.8 Å². The van der Waals surface area contributed by atoms with Crippen molar-refractivity contribution in [3.8, 4) is 0 Å². The molecule has 0 aromatic heterocycles. The van der Waals surface area contributed by atoms with Gasteiger partial charge in [-0.05, 0) is 41.9 Å². The van der Waals surface area contributed by atoms with Gasteiger partial charge in [0, 0.05) is 61.3 Å². The number of carbonyl (C=O) groups excluding carboxylic acids is 3. The number of benzene rings is 3. The van der Waals surface area contributed by atoms with Crippen LogP contribution < -0.4 is 5.32 Å². The van der Waals surface area contributed by atoms with Crippen molar-refractivity contribution in [2.75, 3.05) is 38.0 Å². The zero-order chi connectivity index (χ0) is 23.7. The van der Waals surface area contributed by atoms with Gasteiger partial charge in [-0.3, -0.25) is 19.3 Å². The quantitative estimate of drug-likeness (QED) is 0.464. The lowest BCUT2D eigenvalue weighted by atomic mass is 9.94. The molecule has 2 heterocycles. The monoisotopic (exact) mass is 472 g/mol. The number of nitrogens with one attached hydrogen (secondary N) is 1. The van der Waals surface area contributed by atoms with Gasteiger partial charge < -0.3 is 15.1 Å². The second-order valence-corrected chi connectivity index (χ2v) is 8.77. The minimum Gasteiger partial charge on any atom is -0.345 e. The number of hydrogen-bond donors (Lipinski definition) is 1. The van der Waals surface area contributed by atoms with Crippen LogP contribution in [0.2, 0.25) is 0 Å². The van der Waals surface area contributed by atoms with E-state index in [0.29, 0.717) is 47.8 Å². The third-order valence-corrected chi connectivity index (χ3v) is 6.71. The second kappa shape index (κ2) is 9.23. The van der Waals surface area contributed by atoms with Gasteiger partial charge in [0.1, 0.15) is 0 Å². The van der Waals surface area contributed by atoms with Crippen LogP contribution in [0.1, 0.15) is 27.1 Å². The molecular formula is C26H24N4O3S. The summed E-state index contributed by atoms with van der Waals surface area (Å²) >= 11 is 5.51. The summed E-state index contributed by atoms with van der Waals surface area (Å²) in [5.74, 6) is -0.757. The number of thiocarbonyl (C=S) groups is 1. The first-order chi connectivity index (χ1) is 16.5. The van der Waals surface area contributed by atoms with Crippen LogP contribution in [0.4, 0.5) is 5.69 Å². The van der Waals surface area contributed by atoms with E-state index >= 15 is 0 Å². The second-order valence-electron chi connectivity index (χ2n) is 8.39. The fraction of sp³-hybridized carbons (Fsp3) is 0.231. The van der Waals surface area contributed by atoms with Crippen molar-refractivity contribution in [2.45, 2.75) is 6.42 Å². The maximum Gasteiger partial charge on any atom is 0.261 e. The van der Waals surface area contributed by atoms with Gasteiger partial charge in [-0.2, -0.15) is 0 Å². The number of rotatable bonds is 4. The molecule has 0 radical (unpaired) electrons. The first-order valence-corrected chi connectivity index (χ1v) is 11.7. The molecule has 172 valence electrons. The van der Waals surface area contributed by atoms with Gasteiger partial charge in [-0.15, -0.1) is 0 Å². The fourth-order valence-electron chi connectivity index (χ4n) is 4.53. The lowest BCUT2D eigenvalue weighted by Gasteiger charge is -2.36. The molecule has 0 unspecified atom stereocenters. The molecule has 0 bridgehead atoms. The number of carbonyl (C=O) groups is 3. The van der Waals surface area contributed by atoms with Crippen molar-refractivity contribution in [2.24, 2.45) is 0 Å². The minimum absolute atomic E-state index is 0.0649. The summed E-state index contributed by atoms with van der Waals surface area (Å²) in [4.78, 5) is 43.9. The van der Waals surface area contributed by atoms with Crippen LogP contribution in [0.15, 0.2) is 66.7 Å². The van der Waals surface area contributed by atoms with Crippen LogP contribution in [-0.2, 0) is 4.79 Å². The molecule has 3 amide bonds. The van der Waals surface area contributed by atoms with Crippen LogP contribution in [0.3, 0.4) is 0 Å². The van der Waals surface area contributed by atoms with Crippen molar-refractivity contribution < 1.29 is 14.4 Å². The molecule has 0 spiro atoms. The Morgan fingerprint density at radius 3 is 2.00 bits per heavy atom. The van der Waals surface area contributed by atoms with Crippen LogP contribution in [-0.4, -0.2) is 70.3 Å². The molecule has 2 aliphatic heterocycles. The van der Waals surface area contributed by atoms with Gasteiger partial charge in [0.05, 0.1) is 0 Å². The van der Waals surface area contributed by atoms with E-state index in [1.165, 1.54) is 4.90 Å². The Balaban J connectivity index is 1.17. The molecule has 3 aromatic rings. The molecule has 1 N–H and O–H groups in total. The Morgan fingerprint density at radius 2 is 1.38 bits per heavy atom. The SMILES string of the molecule is O=C(CCN1C(=O)c2cccc3cccc(c23)C1=O)N1CCN(C(=S)Nc2ccccc2)CC1. The summed E-state index contributed by atoms with van der Waals surface area (Å²) in [5.41, 5.74) is 1.94. The van der Waals surface area contributed by atoms with Crippen LogP contribution in [0.25, 0.3) is 10.8 Å². The molecule has 8 heteroatoms. The first-order valence-electron chi connectivity index (χ1n) is 11.3. The predicted octanol–water partition coefficient (Wildman–Crippen LogP) is 3.37. The summed E-state index contributed by atoms with van der Waals surface area (Å²) in [5, 5.41) is 5.42. The topological polar surface area (TPSA) is 73.0 Å². The van der Waals surface area contributed by atoms with E-state index in [4.69, 9.17) is 12.2 Å². The zero-order valence-electron chi connectivity index (χ0n) is 18.6. The number of piperazine rings is 1. The smallest absolute Gasteiger partial charge is 0.261 e. The molecule has 7 nitrogen and oxygen atoms in total. The van der Waals surface area contributed by atoms with Gasteiger partial charge in [-0.25, -0.2) is 0 Å². The highest BCUT2D eigenvalue weighted by molar-refractivity contribution is 7.80. The van der Waals surface area contributed by atoms with E-state index in [1.807, 2.05) is 59.5 Å². The standard InChI is InChI=1S/C26H24N4O3S/c31-22(28-14-16-29(17-15-28)26(34)27-19-8-2-1-3-9-19)12-13-30-24(32)20-10-4-6-18-7-5-11-21(23(18)20)25(30)33/h1-11H,12-17H2,(H,27,34). The largest absolute Gasteiger partial charge is 0.345 e.